The van der Waals surface area contributed by atoms with Crippen molar-refractivity contribution in [1.29, 1.82) is 0 Å². The van der Waals surface area contributed by atoms with Crippen LogP contribution in [0.5, 0.6) is 0 Å². The molecule has 0 heterocycles. The lowest BCUT2D eigenvalue weighted by atomic mass is 10.1. The summed E-state index contributed by atoms with van der Waals surface area (Å²) in [6, 6.07) is 7.11. The Morgan fingerprint density at radius 3 is 2.80 bits per heavy atom. The van der Waals surface area contributed by atoms with E-state index >= 15 is 0 Å². The van der Waals surface area contributed by atoms with E-state index in [1.807, 2.05) is 13.0 Å². The molecule has 15 heavy (non-hydrogen) atoms. The van der Waals surface area contributed by atoms with Crippen molar-refractivity contribution in [1.82, 2.24) is 0 Å². The summed E-state index contributed by atoms with van der Waals surface area (Å²) in [6.07, 6.45) is 0. The topological polar surface area (TPSA) is 44.8 Å². The van der Waals surface area contributed by atoms with Crippen molar-refractivity contribution in [3.63, 3.8) is 0 Å². The molecule has 1 aromatic rings. The highest BCUT2D eigenvalue weighted by Gasteiger charge is 2.07. The van der Waals surface area contributed by atoms with E-state index in [-0.39, 0.29) is 6.61 Å². The van der Waals surface area contributed by atoms with Gasteiger partial charge >= 0.3 is 5.97 Å². The monoisotopic (exact) mass is 210 g/mol. The summed E-state index contributed by atoms with van der Waals surface area (Å²) in [5.74, 6) is -0.491. The first-order valence-electron chi connectivity index (χ1n) is 4.63. The van der Waals surface area contributed by atoms with Crippen LogP contribution in [0.2, 0.25) is 0 Å². The van der Waals surface area contributed by atoms with Gasteiger partial charge in [0.15, 0.2) is 0 Å². The maximum atomic E-state index is 11.4. The fourth-order valence-corrected chi connectivity index (χ4v) is 1.03. The quantitative estimate of drug-likeness (QED) is 0.422. The molecule has 0 N–H and O–H groups in total. The van der Waals surface area contributed by atoms with E-state index in [2.05, 4.69) is 9.78 Å². The van der Waals surface area contributed by atoms with Gasteiger partial charge in [0.2, 0.25) is 0 Å². The third-order valence-corrected chi connectivity index (χ3v) is 1.76. The van der Waals surface area contributed by atoms with Crippen LogP contribution >= 0.6 is 0 Å². The molecular formula is C11H14O4. The van der Waals surface area contributed by atoms with E-state index in [1.165, 1.54) is 0 Å². The molecule has 1 aromatic carbocycles. The van der Waals surface area contributed by atoms with Gasteiger partial charge in [0.25, 0.3) is 0 Å². The molecule has 0 bridgehead atoms. The molecule has 0 amide bonds. The molecule has 1 rings (SSSR count). The second kappa shape index (κ2) is 6.16. The van der Waals surface area contributed by atoms with Crippen molar-refractivity contribution in [2.75, 3.05) is 20.3 Å². The minimum atomic E-state index is -0.491. The Bertz CT molecular complexity index is 322. The molecule has 0 fully saturated rings. The molecule has 82 valence electrons. The van der Waals surface area contributed by atoms with Crippen molar-refractivity contribution < 1.29 is 19.3 Å². The standard InChI is InChI=1S/C11H14O4/c1-9-4-3-5-10(8-9)11(12)15-14-7-6-13-2/h3-5,8H,6-7H2,1-2H3. The average Bonchev–Trinajstić information content (AvgIpc) is 2.24. The molecule has 0 aliphatic rings. The molecular weight excluding hydrogens is 196 g/mol. The zero-order chi connectivity index (χ0) is 11.1. The van der Waals surface area contributed by atoms with Gasteiger partial charge in [0.05, 0.1) is 12.2 Å². The second-order valence-electron chi connectivity index (χ2n) is 3.06. The van der Waals surface area contributed by atoms with Gasteiger partial charge in [0, 0.05) is 7.11 Å². The Hall–Kier alpha value is -1.39. The van der Waals surface area contributed by atoms with Crippen LogP contribution < -0.4 is 0 Å². The number of hydrogen-bond donors (Lipinski definition) is 0. The van der Waals surface area contributed by atoms with Crippen molar-refractivity contribution in [2.24, 2.45) is 0 Å². The molecule has 0 atom stereocenters. The third-order valence-electron chi connectivity index (χ3n) is 1.76. The zero-order valence-electron chi connectivity index (χ0n) is 8.86. The molecule has 4 heteroatoms. The molecule has 0 aromatic heterocycles. The van der Waals surface area contributed by atoms with Gasteiger partial charge in [-0.25, -0.2) is 4.79 Å². The molecule has 4 nitrogen and oxygen atoms in total. The summed E-state index contributed by atoms with van der Waals surface area (Å²) in [5, 5.41) is 0. The van der Waals surface area contributed by atoms with E-state index in [9.17, 15) is 4.79 Å². The highest BCUT2D eigenvalue weighted by molar-refractivity contribution is 5.89. The second-order valence-corrected chi connectivity index (χ2v) is 3.06. The molecule has 0 saturated heterocycles. The van der Waals surface area contributed by atoms with Crippen molar-refractivity contribution >= 4 is 5.97 Å². The summed E-state index contributed by atoms with van der Waals surface area (Å²) in [5.41, 5.74) is 1.48. The Labute approximate surface area is 88.7 Å². The zero-order valence-corrected chi connectivity index (χ0v) is 8.86. The summed E-state index contributed by atoms with van der Waals surface area (Å²) in [6.45, 7) is 2.53. The minimum absolute atomic E-state index is 0.230. The van der Waals surface area contributed by atoms with Crippen LogP contribution in [-0.2, 0) is 14.5 Å². The lowest BCUT2D eigenvalue weighted by Crippen LogP contribution is -2.09. The Balaban J connectivity index is 2.40. The summed E-state index contributed by atoms with van der Waals surface area (Å²) >= 11 is 0. The molecule has 0 saturated carbocycles. The highest BCUT2D eigenvalue weighted by atomic mass is 17.2. The first-order chi connectivity index (χ1) is 7.24. The summed E-state index contributed by atoms with van der Waals surface area (Å²) in [4.78, 5) is 20.6. The van der Waals surface area contributed by atoms with E-state index in [0.29, 0.717) is 12.2 Å². The predicted molar refractivity (Wildman–Crippen MR) is 54.4 cm³/mol. The van der Waals surface area contributed by atoms with Crippen molar-refractivity contribution in [3.05, 3.63) is 35.4 Å². The van der Waals surface area contributed by atoms with Gasteiger partial charge in [-0.1, -0.05) is 17.7 Å². The molecule has 0 radical (unpaired) electrons. The lowest BCUT2D eigenvalue weighted by molar-refractivity contribution is -0.246. The number of aryl methyl sites for hydroxylation is 1. The van der Waals surface area contributed by atoms with Crippen molar-refractivity contribution in [3.8, 4) is 0 Å². The summed E-state index contributed by atoms with van der Waals surface area (Å²) in [7, 11) is 1.55. The normalized spacial score (nSPS) is 10.0. The fourth-order valence-electron chi connectivity index (χ4n) is 1.03. The smallest absolute Gasteiger partial charge is 0.373 e. The van der Waals surface area contributed by atoms with Gasteiger partial charge in [-0.3, -0.25) is 4.89 Å². The molecule has 0 aliphatic carbocycles. The Morgan fingerprint density at radius 2 is 2.13 bits per heavy atom. The predicted octanol–water partition coefficient (Wildman–Crippen LogP) is 1.73. The maximum Gasteiger partial charge on any atom is 0.373 e. The Kier molecular flexibility index (Phi) is 4.80. The van der Waals surface area contributed by atoms with Crippen LogP contribution in [0, 0.1) is 6.92 Å². The van der Waals surface area contributed by atoms with E-state index < -0.39 is 5.97 Å². The van der Waals surface area contributed by atoms with Gasteiger partial charge in [0.1, 0.15) is 6.61 Å². The SMILES string of the molecule is COCCOOC(=O)c1cccc(C)c1. The van der Waals surface area contributed by atoms with E-state index in [4.69, 9.17) is 4.74 Å². The number of benzene rings is 1. The number of carbonyl (C=O) groups excluding carboxylic acids is 1. The molecule has 0 spiro atoms. The highest BCUT2D eigenvalue weighted by Crippen LogP contribution is 2.05. The van der Waals surface area contributed by atoms with Crippen LogP contribution in [0.15, 0.2) is 24.3 Å². The molecule has 0 unspecified atom stereocenters. The van der Waals surface area contributed by atoms with Crippen LogP contribution in [-0.4, -0.2) is 26.3 Å². The lowest BCUT2D eigenvalue weighted by Gasteiger charge is -2.03. The van der Waals surface area contributed by atoms with Crippen molar-refractivity contribution in [2.45, 2.75) is 6.92 Å². The summed E-state index contributed by atoms with van der Waals surface area (Å²) < 4.78 is 4.73. The third kappa shape index (κ3) is 4.10. The van der Waals surface area contributed by atoms with Gasteiger partial charge < -0.3 is 4.74 Å². The van der Waals surface area contributed by atoms with Gasteiger partial charge in [-0.05, 0) is 19.1 Å². The fraction of sp³-hybridized carbons (Fsp3) is 0.364. The van der Waals surface area contributed by atoms with Crippen LogP contribution in [0.4, 0.5) is 0 Å². The number of ether oxygens (including phenoxy) is 1. The maximum absolute atomic E-state index is 11.4. The molecule has 0 aliphatic heterocycles. The number of hydrogen-bond acceptors (Lipinski definition) is 4. The Morgan fingerprint density at radius 1 is 1.33 bits per heavy atom. The number of methoxy groups -OCH3 is 1. The van der Waals surface area contributed by atoms with Crippen LogP contribution in [0.1, 0.15) is 15.9 Å². The minimum Gasteiger partial charge on any atom is -0.382 e. The number of rotatable bonds is 5. The average molecular weight is 210 g/mol. The largest absolute Gasteiger partial charge is 0.382 e. The van der Waals surface area contributed by atoms with E-state index in [1.54, 1.807) is 25.3 Å². The van der Waals surface area contributed by atoms with Gasteiger partial charge in [-0.2, -0.15) is 4.89 Å². The van der Waals surface area contributed by atoms with E-state index in [0.717, 1.165) is 5.56 Å². The van der Waals surface area contributed by atoms with Crippen LogP contribution in [0.3, 0.4) is 0 Å². The van der Waals surface area contributed by atoms with Crippen LogP contribution in [0.25, 0.3) is 0 Å². The first kappa shape index (κ1) is 11.7. The number of carbonyl (C=O) groups is 1. The van der Waals surface area contributed by atoms with Gasteiger partial charge in [-0.15, -0.1) is 0 Å². The first-order valence-corrected chi connectivity index (χ1v) is 4.63.